The van der Waals surface area contributed by atoms with Gasteiger partial charge in [-0.2, -0.15) is 0 Å². The maximum atomic E-state index is 14.1. The largest absolute Gasteiger partial charge is 0.363 e. The Balaban J connectivity index is 1.89. The van der Waals surface area contributed by atoms with Crippen molar-refractivity contribution in [1.82, 2.24) is 5.32 Å². The zero-order valence-corrected chi connectivity index (χ0v) is 12.0. The number of nitrogens with one attached hydrogen (secondary N) is 1. The fourth-order valence-electron chi connectivity index (χ4n) is 3.44. The molecule has 0 bridgehead atoms. The summed E-state index contributed by atoms with van der Waals surface area (Å²) >= 11 is 5.84. The SMILES string of the molecule is CC1CNC2(CCCC2)CN1c1ccc(Cl)cc1F. The maximum Gasteiger partial charge on any atom is 0.147 e. The second-order valence-corrected chi connectivity index (χ2v) is 6.38. The first-order valence-electron chi connectivity index (χ1n) is 7.06. The molecular weight excluding hydrogens is 263 g/mol. The van der Waals surface area contributed by atoms with Gasteiger partial charge >= 0.3 is 0 Å². The lowest BCUT2D eigenvalue weighted by Gasteiger charge is -2.46. The predicted molar refractivity (Wildman–Crippen MR) is 77.4 cm³/mol. The lowest BCUT2D eigenvalue weighted by molar-refractivity contribution is 0.275. The molecule has 19 heavy (non-hydrogen) atoms. The van der Waals surface area contributed by atoms with Crippen LogP contribution in [0.4, 0.5) is 10.1 Å². The molecule has 1 spiro atoms. The van der Waals surface area contributed by atoms with Gasteiger partial charge in [0.05, 0.1) is 5.69 Å². The summed E-state index contributed by atoms with van der Waals surface area (Å²) in [6.45, 7) is 3.96. The molecule has 2 aliphatic rings. The Labute approximate surface area is 118 Å². The highest BCUT2D eigenvalue weighted by atomic mass is 35.5. The lowest BCUT2D eigenvalue weighted by Crippen LogP contribution is -2.62. The third-order valence-electron chi connectivity index (χ3n) is 4.56. The van der Waals surface area contributed by atoms with Crippen molar-refractivity contribution < 1.29 is 4.39 Å². The molecule has 0 radical (unpaired) electrons. The van der Waals surface area contributed by atoms with E-state index in [2.05, 4.69) is 17.1 Å². The Bertz CT molecular complexity index is 471. The van der Waals surface area contributed by atoms with E-state index >= 15 is 0 Å². The maximum absolute atomic E-state index is 14.1. The van der Waals surface area contributed by atoms with Gasteiger partial charge < -0.3 is 10.2 Å². The summed E-state index contributed by atoms with van der Waals surface area (Å²) in [5, 5.41) is 4.14. The zero-order chi connectivity index (χ0) is 13.5. The van der Waals surface area contributed by atoms with E-state index in [4.69, 9.17) is 11.6 Å². The molecule has 1 aromatic rings. The highest BCUT2D eigenvalue weighted by Crippen LogP contribution is 2.36. The minimum Gasteiger partial charge on any atom is -0.363 e. The summed E-state index contributed by atoms with van der Waals surface area (Å²) in [5.74, 6) is -0.214. The summed E-state index contributed by atoms with van der Waals surface area (Å²) in [4.78, 5) is 2.20. The average molecular weight is 283 g/mol. The Hall–Kier alpha value is -0.800. The van der Waals surface area contributed by atoms with Gasteiger partial charge in [0, 0.05) is 29.7 Å². The highest BCUT2D eigenvalue weighted by molar-refractivity contribution is 6.30. The normalized spacial score (nSPS) is 26.1. The number of nitrogens with zero attached hydrogens (tertiary/aromatic N) is 1. The molecule has 1 aliphatic carbocycles. The van der Waals surface area contributed by atoms with E-state index in [-0.39, 0.29) is 11.4 Å². The van der Waals surface area contributed by atoms with E-state index in [9.17, 15) is 4.39 Å². The minimum atomic E-state index is -0.214. The average Bonchev–Trinajstić information content (AvgIpc) is 2.82. The van der Waals surface area contributed by atoms with Gasteiger partial charge in [-0.25, -0.2) is 4.39 Å². The third kappa shape index (κ3) is 2.46. The third-order valence-corrected chi connectivity index (χ3v) is 4.79. The molecule has 2 nitrogen and oxygen atoms in total. The van der Waals surface area contributed by atoms with Crippen molar-refractivity contribution in [3.05, 3.63) is 29.0 Å². The molecule has 1 heterocycles. The van der Waals surface area contributed by atoms with Crippen LogP contribution in [0.15, 0.2) is 18.2 Å². The van der Waals surface area contributed by atoms with Crippen molar-refractivity contribution in [2.24, 2.45) is 0 Å². The van der Waals surface area contributed by atoms with E-state index in [1.165, 1.54) is 31.7 Å². The van der Waals surface area contributed by atoms with Gasteiger partial charge in [-0.05, 0) is 38.0 Å². The molecule has 1 saturated heterocycles. The van der Waals surface area contributed by atoms with Gasteiger partial charge in [-0.1, -0.05) is 24.4 Å². The zero-order valence-electron chi connectivity index (χ0n) is 11.3. The van der Waals surface area contributed by atoms with Crippen LogP contribution in [-0.4, -0.2) is 24.7 Å². The van der Waals surface area contributed by atoms with Crippen molar-refractivity contribution in [2.75, 3.05) is 18.0 Å². The number of benzene rings is 1. The minimum absolute atomic E-state index is 0.193. The first-order valence-corrected chi connectivity index (χ1v) is 7.44. The first kappa shape index (κ1) is 13.2. The molecular formula is C15H20ClFN2. The van der Waals surface area contributed by atoms with Crippen LogP contribution in [-0.2, 0) is 0 Å². The van der Waals surface area contributed by atoms with Gasteiger partial charge in [0.25, 0.3) is 0 Å². The Morgan fingerprint density at radius 2 is 2.11 bits per heavy atom. The van der Waals surface area contributed by atoms with Gasteiger partial charge in [0.1, 0.15) is 5.82 Å². The fraction of sp³-hybridized carbons (Fsp3) is 0.600. The molecule has 1 atom stereocenters. The van der Waals surface area contributed by atoms with Crippen LogP contribution in [0.3, 0.4) is 0 Å². The van der Waals surface area contributed by atoms with Crippen LogP contribution in [0, 0.1) is 5.82 Å². The van der Waals surface area contributed by atoms with Crippen LogP contribution in [0.5, 0.6) is 0 Å². The van der Waals surface area contributed by atoms with E-state index in [1.54, 1.807) is 6.07 Å². The Morgan fingerprint density at radius 3 is 2.79 bits per heavy atom. The topological polar surface area (TPSA) is 15.3 Å². The van der Waals surface area contributed by atoms with Crippen molar-refractivity contribution in [1.29, 1.82) is 0 Å². The van der Waals surface area contributed by atoms with Gasteiger partial charge in [-0.3, -0.25) is 0 Å². The van der Waals surface area contributed by atoms with Crippen molar-refractivity contribution in [2.45, 2.75) is 44.2 Å². The number of hydrogen-bond acceptors (Lipinski definition) is 2. The highest BCUT2D eigenvalue weighted by Gasteiger charge is 2.40. The smallest absolute Gasteiger partial charge is 0.147 e. The molecule has 3 rings (SSSR count). The predicted octanol–water partition coefficient (Wildman–Crippen LogP) is 3.59. The second kappa shape index (κ2) is 4.95. The monoisotopic (exact) mass is 282 g/mol. The quantitative estimate of drug-likeness (QED) is 0.847. The first-order chi connectivity index (χ1) is 9.10. The number of piperazine rings is 1. The van der Waals surface area contributed by atoms with E-state index in [0.29, 0.717) is 16.8 Å². The summed E-state index contributed by atoms with van der Waals surface area (Å²) in [6.07, 6.45) is 4.95. The summed E-state index contributed by atoms with van der Waals surface area (Å²) in [7, 11) is 0. The van der Waals surface area contributed by atoms with Crippen molar-refractivity contribution >= 4 is 17.3 Å². The van der Waals surface area contributed by atoms with Crippen LogP contribution in [0.2, 0.25) is 5.02 Å². The molecule has 1 N–H and O–H groups in total. The molecule has 104 valence electrons. The summed E-state index contributed by atoms with van der Waals surface area (Å²) in [6, 6.07) is 5.30. The lowest BCUT2D eigenvalue weighted by atomic mass is 9.92. The molecule has 1 unspecified atom stereocenters. The molecule has 1 aromatic carbocycles. The van der Waals surface area contributed by atoms with Crippen molar-refractivity contribution in [3.8, 4) is 0 Å². The Morgan fingerprint density at radius 1 is 1.37 bits per heavy atom. The van der Waals surface area contributed by atoms with E-state index < -0.39 is 0 Å². The summed E-state index contributed by atoms with van der Waals surface area (Å²) in [5.41, 5.74) is 0.878. The van der Waals surface area contributed by atoms with E-state index in [1.807, 2.05) is 6.07 Å². The second-order valence-electron chi connectivity index (χ2n) is 5.94. The van der Waals surface area contributed by atoms with Gasteiger partial charge in [-0.15, -0.1) is 0 Å². The number of rotatable bonds is 1. The van der Waals surface area contributed by atoms with Crippen LogP contribution >= 0.6 is 11.6 Å². The standard InChI is InChI=1S/C15H20ClFN2/c1-11-9-18-15(6-2-3-7-15)10-19(11)14-5-4-12(16)8-13(14)17/h4-5,8,11,18H,2-3,6-7,9-10H2,1H3. The molecule has 0 amide bonds. The molecule has 4 heteroatoms. The molecule has 0 aromatic heterocycles. The molecule has 2 fully saturated rings. The number of anilines is 1. The van der Waals surface area contributed by atoms with Crippen LogP contribution in [0.25, 0.3) is 0 Å². The number of halogens is 2. The molecule has 1 saturated carbocycles. The van der Waals surface area contributed by atoms with Gasteiger partial charge in [0.2, 0.25) is 0 Å². The number of hydrogen-bond donors (Lipinski definition) is 1. The fourth-order valence-corrected chi connectivity index (χ4v) is 3.59. The van der Waals surface area contributed by atoms with Crippen LogP contribution in [0.1, 0.15) is 32.6 Å². The van der Waals surface area contributed by atoms with Crippen LogP contribution < -0.4 is 10.2 Å². The van der Waals surface area contributed by atoms with E-state index in [0.717, 1.165) is 13.1 Å². The summed E-state index contributed by atoms with van der Waals surface area (Å²) < 4.78 is 14.1. The van der Waals surface area contributed by atoms with Gasteiger partial charge in [0.15, 0.2) is 0 Å². The van der Waals surface area contributed by atoms with Crippen molar-refractivity contribution in [3.63, 3.8) is 0 Å². The Kier molecular flexibility index (Phi) is 3.44. The molecule has 1 aliphatic heterocycles.